The number of benzene rings is 1. The van der Waals surface area contributed by atoms with Crippen molar-refractivity contribution in [3.63, 3.8) is 0 Å². The van der Waals surface area contributed by atoms with E-state index in [4.69, 9.17) is 5.73 Å². The summed E-state index contributed by atoms with van der Waals surface area (Å²) in [5.74, 6) is 0. The Morgan fingerprint density at radius 1 is 1.28 bits per heavy atom. The van der Waals surface area contributed by atoms with Crippen LogP contribution >= 0.6 is 11.8 Å². The molecule has 4 heteroatoms. The van der Waals surface area contributed by atoms with Crippen LogP contribution in [0.4, 0.5) is 5.69 Å². The third-order valence-corrected chi connectivity index (χ3v) is 4.40. The average molecular weight is 262 g/mol. The van der Waals surface area contributed by atoms with Crippen LogP contribution in [0.25, 0.3) is 10.8 Å². The Hall–Kier alpha value is -1.26. The number of anilines is 1. The van der Waals surface area contributed by atoms with Gasteiger partial charge in [-0.25, -0.2) is 0 Å². The summed E-state index contributed by atoms with van der Waals surface area (Å²) in [5.41, 5.74) is 7.68. The maximum atomic E-state index is 9.61. The summed E-state index contributed by atoms with van der Waals surface area (Å²) in [6.07, 6.45) is 1.47. The highest BCUT2D eigenvalue weighted by atomic mass is 32.2. The number of hydrogen-bond donors (Lipinski definition) is 2. The molecule has 0 saturated heterocycles. The van der Waals surface area contributed by atoms with Gasteiger partial charge in [-0.2, -0.15) is 0 Å². The molecule has 2 aromatic rings. The maximum absolute atomic E-state index is 9.61. The van der Waals surface area contributed by atoms with Gasteiger partial charge >= 0.3 is 0 Å². The minimum Gasteiger partial charge on any atom is -0.398 e. The molecule has 2 unspecified atom stereocenters. The molecule has 0 bridgehead atoms. The topological polar surface area (TPSA) is 59.1 Å². The van der Waals surface area contributed by atoms with Crippen LogP contribution in [0.15, 0.2) is 29.3 Å². The Balaban J connectivity index is 2.51. The van der Waals surface area contributed by atoms with Crippen molar-refractivity contribution in [1.29, 1.82) is 0 Å². The molecule has 3 N–H and O–H groups in total. The first-order valence-electron chi connectivity index (χ1n) is 5.98. The van der Waals surface area contributed by atoms with Crippen LogP contribution in [0.5, 0.6) is 0 Å². The second-order valence-corrected chi connectivity index (χ2v) is 6.01. The summed E-state index contributed by atoms with van der Waals surface area (Å²) in [7, 11) is 0. The Kier molecular flexibility index (Phi) is 3.78. The van der Waals surface area contributed by atoms with Gasteiger partial charge in [0.1, 0.15) is 0 Å². The zero-order chi connectivity index (χ0) is 13.3. The molecular formula is C14H18N2OS. The zero-order valence-electron chi connectivity index (χ0n) is 10.8. The summed E-state index contributed by atoms with van der Waals surface area (Å²) in [5, 5.41) is 11.8. The van der Waals surface area contributed by atoms with Gasteiger partial charge in [0.15, 0.2) is 0 Å². The summed E-state index contributed by atoms with van der Waals surface area (Å²) >= 11 is 1.67. The summed E-state index contributed by atoms with van der Waals surface area (Å²) in [6.45, 7) is 5.80. The first kappa shape index (κ1) is 13.2. The molecular weight excluding hydrogens is 244 g/mol. The lowest BCUT2D eigenvalue weighted by Gasteiger charge is -2.16. The van der Waals surface area contributed by atoms with Gasteiger partial charge in [-0.15, -0.1) is 11.8 Å². The van der Waals surface area contributed by atoms with Crippen LogP contribution in [0.2, 0.25) is 0 Å². The smallest absolute Gasteiger partial charge is 0.0631 e. The molecule has 18 heavy (non-hydrogen) atoms. The number of nitrogens with zero attached hydrogens (tertiary/aromatic N) is 1. The molecule has 2 atom stereocenters. The fourth-order valence-corrected chi connectivity index (χ4v) is 2.78. The normalized spacial score (nSPS) is 14.7. The van der Waals surface area contributed by atoms with E-state index in [0.29, 0.717) is 0 Å². The highest BCUT2D eigenvalue weighted by Crippen LogP contribution is 2.34. The van der Waals surface area contributed by atoms with Gasteiger partial charge in [0, 0.05) is 38.5 Å². The molecule has 0 saturated carbocycles. The maximum Gasteiger partial charge on any atom is 0.0631 e. The van der Waals surface area contributed by atoms with E-state index in [0.717, 1.165) is 27.0 Å². The third kappa shape index (κ3) is 2.60. The summed E-state index contributed by atoms with van der Waals surface area (Å²) in [4.78, 5) is 5.42. The number of nitrogens with two attached hydrogens (primary N) is 1. The van der Waals surface area contributed by atoms with Crippen LogP contribution in [0.1, 0.15) is 19.5 Å². The quantitative estimate of drug-likeness (QED) is 0.659. The summed E-state index contributed by atoms with van der Waals surface area (Å²) < 4.78 is 0. The van der Waals surface area contributed by atoms with Crippen LogP contribution in [-0.2, 0) is 0 Å². The molecule has 96 valence electrons. The molecule has 0 amide bonds. The van der Waals surface area contributed by atoms with Crippen molar-refractivity contribution in [3.8, 4) is 0 Å². The fourth-order valence-electron chi connectivity index (χ4n) is 1.74. The van der Waals surface area contributed by atoms with E-state index in [2.05, 4.69) is 4.98 Å². The van der Waals surface area contributed by atoms with Crippen molar-refractivity contribution < 1.29 is 5.11 Å². The number of nitrogen functional groups attached to an aromatic ring is 1. The first-order chi connectivity index (χ1) is 8.49. The lowest BCUT2D eigenvalue weighted by molar-refractivity contribution is 0.196. The molecule has 1 aromatic carbocycles. The largest absolute Gasteiger partial charge is 0.398 e. The lowest BCUT2D eigenvalue weighted by Crippen LogP contribution is -2.14. The van der Waals surface area contributed by atoms with E-state index < -0.39 is 0 Å². The zero-order valence-corrected chi connectivity index (χ0v) is 11.7. The summed E-state index contributed by atoms with van der Waals surface area (Å²) in [6, 6.07) is 5.96. The van der Waals surface area contributed by atoms with Gasteiger partial charge < -0.3 is 10.8 Å². The fraction of sp³-hybridized carbons (Fsp3) is 0.357. The highest BCUT2D eigenvalue weighted by molar-refractivity contribution is 8.00. The Bertz CT molecular complexity index is 569. The SMILES string of the molecule is Cc1cc2c(SC(C)C(C)O)ccc(N)c2cn1. The van der Waals surface area contributed by atoms with Crippen molar-refractivity contribution >= 4 is 28.2 Å². The average Bonchev–Trinajstić information content (AvgIpc) is 2.32. The van der Waals surface area contributed by atoms with Gasteiger partial charge in [-0.05, 0) is 32.0 Å². The highest BCUT2D eigenvalue weighted by Gasteiger charge is 2.13. The van der Waals surface area contributed by atoms with Gasteiger partial charge in [-0.3, -0.25) is 4.98 Å². The number of thioether (sulfide) groups is 1. The number of hydrogen-bond acceptors (Lipinski definition) is 4. The molecule has 0 aliphatic heterocycles. The number of pyridine rings is 1. The van der Waals surface area contributed by atoms with E-state index in [-0.39, 0.29) is 11.4 Å². The Morgan fingerprint density at radius 2 is 2.00 bits per heavy atom. The van der Waals surface area contributed by atoms with E-state index in [1.807, 2.05) is 45.2 Å². The van der Waals surface area contributed by atoms with Crippen LogP contribution < -0.4 is 5.73 Å². The predicted octanol–water partition coefficient (Wildman–Crippen LogP) is 2.99. The molecule has 0 aliphatic rings. The monoisotopic (exact) mass is 262 g/mol. The van der Waals surface area contributed by atoms with E-state index in [1.54, 1.807) is 11.8 Å². The first-order valence-corrected chi connectivity index (χ1v) is 6.86. The van der Waals surface area contributed by atoms with Crippen LogP contribution in [0.3, 0.4) is 0 Å². The molecule has 0 aliphatic carbocycles. The second kappa shape index (κ2) is 5.16. The van der Waals surface area contributed by atoms with E-state index >= 15 is 0 Å². The Morgan fingerprint density at radius 3 is 2.67 bits per heavy atom. The number of aliphatic hydroxyl groups is 1. The lowest BCUT2D eigenvalue weighted by atomic mass is 10.1. The second-order valence-electron chi connectivity index (χ2n) is 4.59. The number of aryl methyl sites for hydroxylation is 1. The molecule has 0 fully saturated rings. The van der Waals surface area contributed by atoms with E-state index in [9.17, 15) is 5.11 Å². The molecule has 1 heterocycles. The van der Waals surface area contributed by atoms with Gasteiger partial charge in [-0.1, -0.05) is 6.92 Å². The van der Waals surface area contributed by atoms with E-state index in [1.165, 1.54) is 0 Å². The van der Waals surface area contributed by atoms with Crippen molar-refractivity contribution in [2.24, 2.45) is 0 Å². The molecule has 0 spiro atoms. The van der Waals surface area contributed by atoms with Crippen molar-refractivity contribution in [2.45, 2.75) is 37.0 Å². The third-order valence-electron chi connectivity index (χ3n) is 3.02. The molecule has 2 rings (SSSR count). The van der Waals surface area contributed by atoms with Crippen LogP contribution in [-0.4, -0.2) is 21.4 Å². The minimum atomic E-state index is -0.342. The minimum absolute atomic E-state index is 0.144. The van der Waals surface area contributed by atoms with Gasteiger partial charge in [0.05, 0.1) is 6.10 Å². The number of aromatic nitrogens is 1. The number of fused-ring (bicyclic) bond motifs is 1. The Labute approximate surface area is 111 Å². The van der Waals surface area contributed by atoms with Crippen molar-refractivity contribution in [2.75, 3.05) is 5.73 Å². The number of aliphatic hydroxyl groups excluding tert-OH is 1. The molecule has 1 aromatic heterocycles. The van der Waals surface area contributed by atoms with Crippen molar-refractivity contribution in [3.05, 3.63) is 30.1 Å². The van der Waals surface area contributed by atoms with Gasteiger partial charge in [0.25, 0.3) is 0 Å². The standard InChI is InChI=1S/C14H18N2OS/c1-8-6-11-12(7-16-8)13(15)4-5-14(11)18-10(3)9(2)17/h4-7,9-10,17H,15H2,1-3H3. The number of rotatable bonds is 3. The molecule has 0 radical (unpaired) electrons. The van der Waals surface area contributed by atoms with Crippen LogP contribution in [0, 0.1) is 6.92 Å². The van der Waals surface area contributed by atoms with Crippen molar-refractivity contribution in [1.82, 2.24) is 4.98 Å². The molecule has 3 nitrogen and oxygen atoms in total. The van der Waals surface area contributed by atoms with Gasteiger partial charge in [0.2, 0.25) is 0 Å². The predicted molar refractivity (Wildman–Crippen MR) is 77.9 cm³/mol.